The SMILES string of the molecule is COc1ccncc1C(O)C1CC2(C1)CN(c1cc3ccccc3cn1)C2. The van der Waals surface area contributed by atoms with Gasteiger partial charge in [-0.25, -0.2) is 4.98 Å². The first kappa shape index (κ1) is 16.5. The number of methoxy groups -OCH3 is 1. The van der Waals surface area contributed by atoms with Gasteiger partial charge in [0.05, 0.1) is 13.2 Å². The lowest BCUT2D eigenvalue weighted by molar-refractivity contribution is -0.0518. The second-order valence-corrected chi connectivity index (χ2v) is 7.98. The third-order valence-corrected chi connectivity index (χ3v) is 6.18. The van der Waals surface area contributed by atoms with Gasteiger partial charge in [0, 0.05) is 48.0 Å². The molecule has 3 heterocycles. The molecule has 1 atom stereocenters. The number of aliphatic hydroxyl groups is 1. The summed E-state index contributed by atoms with van der Waals surface area (Å²) < 4.78 is 5.37. The Bertz CT molecular complexity index is 976. The molecule has 1 N–H and O–H groups in total. The molecule has 2 fully saturated rings. The van der Waals surface area contributed by atoms with E-state index in [9.17, 15) is 5.11 Å². The summed E-state index contributed by atoms with van der Waals surface area (Å²) in [6.45, 7) is 2.04. The zero-order valence-corrected chi connectivity index (χ0v) is 15.4. The first-order valence-electron chi connectivity index (χ1n) is 9.43. The summed E-state index contributed by atoms with van der Waals surface area (Å²) >= 11 is 0. The van der Waals surface area contributed by atoms with Crippen molar-refractivity contribution in [1.82, 2.24) is 9.97 Å². The molecule has 1 unspecified atom stereocenters. The number of aromatic nitrogens is 2. The second kappa shape index (κ2) is 6.20. The Hall–Kier alpha value is -2.66. The van der Waals surface area contributed by atoms with Gasteiger partial charge < -0.3 is 14.7 Å². The van der Waals surface area contributed by atoms with Crippen LogP contribution in [-0.4, -0.2) is 35.3 Å². The lowest BCUT2D eigenvalue weighted by Gasteiger charge is -2.60. The number of benzene rings is 1. The van der Waals surface area contributed by atoms with Gasteiger partial charge in [0.1, 0.15) is 11.6 Å². The van der Waals surface area contributed by atoms with Crippen molar-refractivity contribution in [3.05, 3.63) is 60.6 Å². The van der Waals surface area contributed by atoms with Crippen LogP contribution in [0.1, 0.15) is 24.5 Å². The Morgan fingerprint density at radius 1 is 1.15 bits per heavy atom. The third kappa shape index (κ3) is 2.73. The minimum absolute atomic E-state index is 0.273. The van der Waals surface area contributed by atoms with Crippen molar-refractivity contribution in [2.75, 3.05) is 25.1 Å². The summed E-state index contributed by atoms with van der Waals surface area (Å²) in [6.07, 6.45) is 6.94. The van der Waals surface area contributed by atoms with E-state index in [-0.39, 0.29) is 5.92 Å². The zero-order valence-electron chi connectivity index (χ0n) is 15.4. The van der Waals surface area contributed by atoms with E-state index in [1.54, 1.807) is 19.5 Å². The fourth-order valence-electron chi connectivity index (χ4n) is 4.76. The molecule has 5 heteroatoms. The van der Waals surface area contributed by atoms with E-state index in [0.717, 1.165) is 37.3 Å². The van der Waals surface area contributed by atoms with Gasteiger partial charge in [-0.3, -0.25) is 4.98 Å². The highest BCUT2D eigenvalue weighted by atomic mass is 16.5. The first-order chi connectivity index (χ1) is 13.2. The molecule has 0 bridgehead atoms. The van der Waals surface area contributed by atoms with Gasteiger partial charge >= 0.3 is 0 Å². The number of anilines is 1. The van der Waals surface area contributed by atoms with Gasteiger partial charge in [-0.2, -0.15) is 0 Å². The van der Waals surface area contributed by atoms with E-state index in [2.05, 4.69) is 39.1 Å². The maximum Gasteiger partial charge on any atom is 0.129 e. The van der Waals surface area contributed by atoms with E-state index in [4.69, 9.17) is 4.74 Å². The van der Waals surface area contributed by atoms with Gasteiger partial charge in [0.2, 0.25) is 0 Å². The molecule has 1 saturated heterocycles. The van der Waals surface area contributed by atoms with E-state index in [0.29, 0.717) is 11.2 Å². The van der Waals surface area contributed by atoms with Gasteiger partial charge in [0.25, 0.3) is 0 Å². The lowest BCUT2D eigenvalue weighted by Crippen LogP contribution is -2.63. The van der Waals surface area contributed by atoms with Gasteiger partial charge in [-0.05, 0) is 36.3 Å². The van der Waals surface area contributed by atoms with Crippen molar-refractivity contribution >= 4 is 16.6 Å². The maximum absolute atomic E-state index is 10.8. The highest BCUT2D eigenvalue weighted by molar-refractivity contribution is 5.84. The maximum atomic E-state index is 10.8. The molecule has 0 amide bonds. The summed E-state index contributed by atoms with van der Waals surface area (Å²) in [7, 11) is 1.63. The second-order valence-electron chi connectivity index (χ2n) is 7.98. The van der Waals surface area contributed by atoms with Crippen LogP contribution in [0, 0.1) is 11.3 Å². The molecule has 3 aromatic rings. The summed E-state index contributed by atoms with van der Waals surface area (Å²) in [5.41, 5.74) is 1.13. The first-order valence-corrected chi connectivity index (χ1v) is 9.43. The average molecular weight is 361 g/mol. The molecule has 2 aromatic heterocycles. The van der Waals surface area contributed by atoms with Crippen LogP contribution < -0.4 is 9.64 Å². The number of hydrogen-bond donors (Lipinski definition) is 1. The lowest BCUT2D eigenvalue weighted by atomic mass is 9.56. The van der Waals surface area contributed by atoms with Crippen molar-refractivity contribution < 1.29 is 9.84 Å². The Morgan fingerprint density at radius 2 is 1.93 bits per heavy atom. The molecule has 27 heavy (non-hydrogen) atoms. The van der Waals surface area contributed by atoms with Crippen LogP contribution in [-0.2, 0) is 0 Å². The third-order valence-electron chi connectivity index (χ3n) is 6.18. The number of ether oxygens (including phenoxy) is 1. The molecule has 1 aliphatic heterocycles. The Labute approximate surface area is 158 Å². The van der Waals surface area contributed by atoms with Crippen molar-refractivity contribution in [2.24, 2.45) is 11.3 Å². The largest absolute Gasteiger partial charge is 0.496 e. The van der Waals surface area contributed by atoms with Crippen molar-refractivity contribution in [1.29, 1.82) is 0 Å². The van der Waals surface area contributed by atoms with Crippen LogP contribution in [0.25, 0.3) is 10.8 Å². The summed E-state index contributed by atoms with van der Waals surface area (Å²) in [6, 6.07) is 12.3. The monoisotopic (exact) mass is 361 g/mol. The van der Waals surface area contributed by atoms with Crippen LogP contribution in [0.2, 0.25) is 0 Å². The predicted octanol–water partition coefficient (Wildman–Crippen LogP) is 3.59. The number of rotatable bonds is 4. The van der Waals surface area contributed by atoms with Gasteiger partial charge in [-0.15, -0.1) is 0 Å². The van der Waals surface area contributed by atoms with E-state index in [1.165, 1.54) is 10.8 Å². The van der Waals surface area contributed by atoms with Crippen LogP contribution in [0.5, 0.6) is 5.75 Å². The van der Waals surface area contributed by atoms with Gasteiger partial charge in [-0.1, -0.05) is 24.3 Å². The molecule has 2 aliphatic rings. The summed E-state index contributed by atoms with van der Waals surface area (Å²) in [4.78, 5) is 11.1. The predicted molar refractivity (Wildman–Crippen MR) is 105 cm³/mol. The van der Waals surface area contributed by atoms with Crippen LogP contribution in [0.4, 0.5) is 5.82 Å². The fraction of sp³-hybridized carbons (Fsp3) is 0.364. The summed E-state index contributed by atoms with van der Waals surface area (Å²) in [5, 5.41) is 13.2. The molecule has 1 saturated carbocycles. The quantitative estimate of drug-likeness (QED) is 0.770. The topological polar surface area (TPSA) is 58.5 Å². The molecule has 1 spiro atoms. The molecule has 0 radical (unpaired) electrons. The standard InChI is InChI=1S/C22H23N3O2/c1-27-19-6-7-23-12-18(19)21(26)17-9-22(10-17)13-25(14-22)20-8-15-4-2-3-5-16(15)11-24-20/h2-8,11-12,17,21,26H,9-10,13-14H2,1H3. The molecular formula is C22H23N3O2. The molecule has 1 aromatic carbocycles. The van der Waals surface area contributed by atoms with E-state index >= 15 is 0 Å². The van der Waals surface area contributed by atoms with E-state index in [1.807, 2.05) is 18.3 Å². The summed E-state index contributed by atoms with van der Waals surface area (Å²) in [5.74, 6) is 2.04. The molecule has 138 valence electrons. The van der Waals surface area contributed by atoms with Crippen molar-refractivity contribution in [3.8, 4) is 5.75 Å². The minimum Gasteiger partial charge on any atom is -0.496 e. The number of pyridine rings is 2. The Balaban J connectivity index is 1.24. The minimum atomic E-state index is -0.507. The molecule has 1 aliphatic carbocycles. The van der Waals surface area contributed by atoms with Crippen LogP contribution >= 0.6 is 0 Å². The molecular weight excluding hydrogens is 338 g/mol. The van der Waals surface area contributed by atoms with E-state index < -0.39 is 6.10 Å². The highest BCUT2D eigenvalue weighted by Gasteiger charge is 2.54. The smallest absolute Gasteiger partial charge is 0.129 e. The average Bonchev–Trinajstić information content (AvgIpc) is 2.65. The normalized spacial score (nSPS) is 19.6. The van der Waals surface area contributed by atoms with Crippen LogP contribution in [0.3, 0.4) is 0 Å². The molecule has 5 rings (SSSR count). The number of nitrogens with zero attached hydrogens (tertiary/aromatic N) is 3. The molecule has 5 nitrogen and oxygen atoms in total. The number of aliphatic hydroxyl groups excluding tert-OH is 1. The zero-order chi connectivity index (χ0) is 18.4. The number of fused-ring (bicyclic) bond motifs is 1. The van der Waals surface area contributed by atoms with Gasteiger partial charge in [0.15, 0.2) is 0 Å². The van der Waals surface area contributed by atoms with Crippen molar-refractivity contribution in [3.63, 3.8) is 0 Å². The van der Waals surface area contributed by atoms with Crippen molar-refractivity contribution in [2.45, 2.75) is 18.9 Å². The Morgan fingerprint density at radius 3 is 2.70 bits per heavy atom. The number of hydrogen-bond acceptors (Lipinski definition) is 5. The highest BCUT2D eigenvalue weighted by Crippen LogP contribution is 2.56. The fourth-order valence-corrected chi connectivity index (χ4v) is 4.76. The Kier molecular flexibility index (Phi) is 3.79. The van der Waals surface area contributed by atoms with Crippen LogP contribution in [0.15, 0.2) is 55.0 Å².